The summed E-state index contributed by atoms with van der Waals surface area (Å²) in [6, 6.07) is 1.57. The maximum atomic E-state index is 11.9. The predicted octanol–water partition coefficient (Wildman–Crippen LogP) is 2.63. The van der Waals surface area contributed by atoms with Crippen LogP contribution in [0.2, 0.25) is 0 Å². The van der Waals surface area contributed by atoms with Gasteiger partial charge in [-0.2, -0.15) is 0 Å². The molecule has 0 saturated heterocycles. The van der Waals surface area contributed by atoms with Crippen molar-refractivity contribution in [2.75, 3.05) is 0 Å². The molecular formula is C13H16N4O3S. The van der Waals surface area contributed by atoms with Crippen LogP contribution in [0.5, 0.6) is 5.88 Å². The SMILES string of the molecule is CCC(C)n1c(O)c(C=Nc2cc(C)on2)c(=O)[nH]c1=S. The Hall–Kier alpha value is -2.22. The molecule has 2 heterocycles. The van der Waals surface area contributed by atoms with Crippen molar-refractivity contribution >= 4 is 24.3 Å². The summed E-state index contributed by atoms with van der Waals surface area (Å²) >= 11 is 5.09. The Morgan fingerprint density at radius 2 is 2.38 bits per heavy atom. The number of rotatable bonds is 4. The van der Waals surface area contributed by atoms with Gasteiger partial charge in [0.2, 0.25) is 5.88 Å². The molecule has 0 amide bonds. The Bertz CT molecular complexity index is 787. The van der Waals surface area contributed by atoms with E-state index < -0.39 is 5.56 Å². The smallest absolute Gasteiger partial charge is 0.264 e. The highest BCUT2D eigenvalue weighted by atomic mass is 32.1. The van der Waals surface area contributed by atoms with E-state index in [1.54, 1.807) is 13.0 Å². The summed E-state index contributed by atoms with van der Waals surface area (Å²) in [4.78, 5) is 18.5. The van der Waals surface area contributed by atoms with Gasteiger partial charge in [0.05, 0.1) is 0 Å². The molecule has 2 aromatic rings. The third-order valence-corrected chi connectivity index (χ3v) is 3.42. The molecule has 0 aliphatic rings. The van der Waals surface area contributed by atoms with Gasteiger partial charge in [0.1, 0.15) is 11.3 Å². The summed E-state index contributed by atoms with van der Waals surface area (Å²) in [6.45, 7) is 5.60. The second-order valence-electron chi connectivity index (χ2n) is 4.68. The molecule has 1 atom stereocenters. The molecule has 7 nitrogen and oxygen atoms in total. The van der Waals surface area contributed by atoms with Gasteiger partial charge in [-0.3, -0.25) is 14.3 Å². The van der Waals surface area contributed by atoms with Gasteiger partial charge >= 0.3 is 0 Å². The Morgan fingerprint density at radius 1 is 1.67 bits per heavy atom. The lowest BCUT2D eigenvalue weighted by Gasteiger charge is -2.16. The first kappa shape index (κ1) is 15.2. The first-order valence-electron chi connectivity index (χ1n) is 6.49. The topological polar surface area (TPSA) is 96.4 Å². The zero-order chi connectivity index (χ0) is 15.6. The minimum absolute atomic E-state index is 0.0320. The monoisotopic (exact) mass is 308 g/mol. The van der Waals surface area contributed by atoms with E-state index in [0.29, 0.717) is 11.6 Å². The maximum absolute atomic E-state index is 11.9. The van der Waals surface area contributed by atoms with Gasteiger partial charge < -0.3 is 9.63 Å². The van der Waals surface area contributed by atoms with Crippen molar-refractivity contribution in [1.29, 1.82) is 0 Å². The van der Waals surface area contributed by atoms with Crippen LogP contribution in [0.1, 0.15) is 37.6 Å². The lowest BCUT2D eigenvalue weighted by Crippen LogP contribution is -2.20. The predicted molar refractivity (Wildman–Crippen MR) is 81.0 cm³/mol. The number of hydrogen-bond donors (Lipinski definition) is 2. The largest absolute Gasteiger partial charge is 0.494 e. The lowest BCUT2D eigenvalue weighted by molar-refractivity contribution is 0.371. The van der Waals surface area contributed by atoms with E-state index in [4.69, 9.17) is 16.7 Å². The molecule has 8 heteroatoms. The maximum Gasteiger partial charge on any atom is 0.264 e. The summed E-state index contributed by atoms with van der Waals surface area (Å²) in [5.74, 6) is 0.724. The third kappa shape index (κ3) is 3.10. The minimum atomic E-state index is -0.499. The zero-order valence-corrected chi connectivity index (χ0v) is 12.8. The van der Waals surface area contributed by atoms with Crippen LogP contribution in [0.4, 0.5) is 5.82 Å². The van der Waals surface area contributed by atoms with E-state index in [1.807, 2.05) is 13.8 Å². The molecule has 0 aliphatic carbocycles. The van der Waals surface area contributed by atoms with Crippen LogP contribution in [0.25, 0.3) is 0 Å². The van der Waals surface area contributed by atoms with Crippen molar-refractivity contribution in [2.24, 2.45) is 4.99 Å². The zero-order valence-electron chi connectivity index (χ0n) is 12.0. The summed E-state index contributed by atoms with van der Waals surface area (Å²) < 4.78 is 6.55. The Morgan fingerprint density at radius 3 is 2.95 bits per heavy atom. The molecular weight excluding hydrogens is 292 g/mol. The molecule has 0 spiro atoms. The van der Waals surface area contributed by atoms with Gasteiger partial charge in [-0.15, -0.1) is 0 Å². The molecule has 0 saturated carbocycles. The summed E-state index contributed by atoms with van der Waals surface area (Å²) in [6.07, 6.45) is 2.01. The van der Waals surface area contributed by atoms with Crippen molar-refractivity contribution < 1.29 is 9.63 Å². The first-order valence-corrected chi connectivity index (χ1v) is 6.90. The normalized spacial score (nSPS) is 12.9. The molecule has 0 bridgehead atoms. The Balaban J connectivity index is 2.51. The molecule has 0 aliphatic heterocycles. The highest BCUT2D eigenvalue weighted by Gasteiger charge is 2.14. The molecule has 0 fully saturated rings. The second-order valence-corrected chi connectivity index (χ2v) is 5.06. The van der Waals surface area contributed by atoms with E-state index in [1.165, 1.54) is 10.8 Å². The molecule has 2 N–H and O–H groups in total. The number of nitrogens with zero attached hydrogens (tertiary/aromatic N) is 3. The van der Waals surface area contributed by atoms with Crippen LogP contribution in [-0.4, -0.2) is 26.0 Å². The molecule has 0 radical (unpaired) electrons. The molecule has 21 heavy (non-hydrogen) atoms. The number of aromatic nitrogens is 3. The standard InChI is InChI=1S/C13H16N4O3S/c1-4-7(2)17-12(19)9(11(18)15-13(17)21)6-14-10-5-8(3)20-16-10/h5-7,19H,4H2,1-3H3,(H,15,18,21). The number of nitrogens with one attached hydrogen (secondary N) is 1. The molecule has 112 valence electrons. The van der Waals surface area contributed by atoms with Gasteiger partial charge in [0.15, 0.2) is 10.6 Å². The Kier molecular flexibility index (Phi) is 4.37. The number of hydrogen-bond acceptors (Lipinski definition) is 6. The average molecular weight is 308 g/mol. The Labute approximate surface area is 126 Å². The second kappa shape index (κ2) is 6.04. The number of H-pyrrole nitrogens is 1. The van der Waals surface area contributed by atoms with Crippen LogP contribution in [-0.2, 0) is 0 Å². The van der Waals surface area contributed by atoms with Crippen LogP contribution < -0.4 is 5.56 Å². The fraction of sp³-hybridized carbons (Fsp3) is 0.385. The van der Waals surface area contributed by atoms with Gasteiger partial charge in [-0.25, -0.2) is 4.99 Å². The molecule has 2 rings (SSSR count). The van der Waals surface area contributed by atoms with Crippen LogP contribution in [0, 0.1) is 11.7 Å². The van der Waals surface area contributed by atoms with E-state index in [9.17, 15) is 9.90 Å². The molecule has 0 aromatic carbocycles. The third-order valence-electron chi connectivity index (χ3n) is 3.13. The van der Waals surface area contributed by atoms with Crippen molar-refractivity contribution in [2.45, 2.75) is 33.2 Å². The van der Waals surface area contributed by atoms with Gasteiger partial charge in [-0.1, -0.05) is 12.1 Å². The van der Waals surface area contributed by atoms with Gasteiger partial charge in [0, 0.05) is 18.3 Å². The van der Waals surface area contributed by atoms with Gasteiger partial charge in [-0.05, 0) is 32.5 Å². The summed E-state index contributed by atoms with van der Waals surface area (Å²) in [5, 5.41) is 14.0. The van der Waals surface area contributed by atoms with E-state index in [0.717, 1.165) is 6.42 Å². The highest BCUT2D eigenvalue weighted by Crippen LogP contribution is 2.20. The van der Waals surface area contributed by atoms with Gasteiger partial charge in [0.25, 0.3) is 5.56 Å². The van der Waals surface area contributed by atoms with Crippen LogP contribution in [0.3, 0.4) is 0 Å². The minimum Gasteiger partial charge on any atom is -0.494 e. The van der Waals surface area contributed by atoms with E-state index in [-0.39, 0.29) is 22.3 Å². The molecule has 2 aromatic heterocycles. The van der Waals surface area contributed by atoms with Crippen molar-refractivity contribution in [3.8, 4) is 5.88 Å². The van der Waals surface area contributed by atoms with Crippen molar-refractivity contribution in [3.63, 3.8) is 0 Å². The van der Waals surface area contributed by atoms with E-state index in [2.05, 4.69) is 15.1 Å². The number of aryl methyl sites for hydroxylation is 1. The number of aromatic hydroxyl groups is 1. The summed E-state index contributed by atoms with van der Waals surface area (Å²) in [5.41, 5.74) is -0.467. The molecule has 1 unspecified atom stereocenters. The average Bonchev–Trinajstić information content (AvgIpc) is 2.83. The van der Waals surface area contributed by atoms with E-state index >= 15 is 0 Å². The number of aromatic amines is 1. The van der Waals surface area contributed by atoms with Crippen molar-refractivity contribution in [1.82, 2.24) is 14.7 Å². The fourth-order valence-corrected chi connectivity index (χ4v) is 2.16. The summed E-state index contributed by atoms with van der Waals surface area (Å²) in [7, 11) is 0. The first-order chi connectivity index (χ1) is 9.93. The number of aliphatic imine (C=N–C) groups is 1. The fourth-order valence-electron chi connectivity index (χ4n) is 1.80. The quantitative estimate of drug-likeness (QED) is 0.668. The highest BCUT2D eigenvalue weighted by molar-refractivity contribution is 7.71. The lowest BCUT2D eigenvalue weighted by atomic mass is 10.2. The van der Waals surface area contributed by atoms with Crippen LogP contribution in [0.15, 0.2) is 20.4 Å². The van der Waals surface area contributed by atoms with Crippen molar-refractivity contribution in [3.05, 3.63) is 32.5 Å². The van der Waals surface area contributed by atoms with Crippen LogP contribution >= 0.6 is 12.2 Å².